The van der Waals surface area contributed by atoms with E-state index in [-0.39, 0.29) is 36.3 Å². The van der Waals surface area contributed by atoms with E-state index in [1.54, 1.807) is 24.7 Å². The molecule has 0 atom stereocenters. The van der Waals surface area contributed by atoms with Crippen molar-refractivity contribution in [3.8, 4) is 10.8 Å². The van der Waals surface area contributed by atoms with Gasteiger partial charge < -0.3 is 11.1 Å². The molecule has 2 aromatic heterocycles. The quantitative estimate of drug-likeness (QED) is 0.855. The molecule has 0 bridgehead atoms. The van der Waals surface area contributed by atoms with Crippen LogP contribution in [0.2, 0.25) is 0 Å². The van der Waals surface area contributed by atoms with Gasteiger partial charge >= 0.3 is 0 Å². The molecule has 0 spiro atoms. The Morgan fingerprint density at radius 2 is 1.87 bits per heavy atom. The van der Waals surface area contributed by atoms with Gasteiger partial charge in [-0.3, -0.25) is 4.79 Å². The summed E-state index contributed by atoms with van der Waals surface area (Å²) in [6.07, 6.45) is 9.01. The third-order valence-corrected chi connectivity index (χ3v) is 4.81. The summed E-state index contributed by atoms with van der Waals surface area (Å²) in [6, 6.07) is 1.75. The summed E-state index contributed by atoms with van der Waals surface area (Å²) in [5.41, 5.74) is 5.60. The highest BCUT2D eigenvalue weighted by atomic mass is 35.5. The Balaban J connectivity index is 0.00000132. The molecular weight excluding hydrogens is 357 g/mol. The Morgan fingerprint density at radius 1 is 1.22 bits per heavy atom. The average molecular weight is 376 g/mol. The van der Waals surface area contributed by atoms with E-state index in [9.17, 15) is 4.79 Å². The first-order chi connectivity index (χ1) is 10.2. The first-order valence-electron chi connectivity index (χ1n) is 6.98. The van der Waals surface area contributed by atoms with Crippen LogP contribution in [0.25, 0.3) is 10.8 Å². The van der Waals surface area contributed by atoms with Crippen LogP contribution in [0.4, 0.5) is 0 Å². The predicted octanol–water partition coefficient (Wildman–Crippen LogP) is 2.45. The van der Waals surface area contributed by atoms with E-state index in [0.29, 0.717) is 22.3 Å². The van der Waals surface area contributed by atoms with E-state index in [0.717, 1.165) is 25.7 Å². The van der Waals surface area contributed by atoms with Gasteiger partial charge in [0.15, 0.2) is 10.8 Å². The van der Waals surface area contributed by atoms with Crippen molar-refractivity contribution in [3.05, 3.63) is 29.5 Å². The van der Waals surface area contributed by atoms with E-state index in [1.165, 1.54) is 11.3 Å². The van der Waals surface area contributed by atoms with E-state index < -0.39 is 0 Å². The van der Waals surface area contributed by atoms with Crippen LogP contribution in [0.5, 0.6) is 0 Å². The first kappa shape index (κ1) is 19.8. The number of aromatic nitrogens is 3. The lowest BCUT2D eigenvalue weighted by Gasteiger charge is -2.28. The molecular formula is C14H19Cl2N5OS. The molecule has 0 aliphatic heterocycles. The minimum atomic E-state index is -0.246. The second-order valence-corrected chi connectivity index (χ2v) is 6.28. The van der Waals surface area contributed by atoms with E-state index in [1.807, 2.05) is 0 Å². The Morgan fingerprint density at radius 3 is 2.48 bits per heavy atom. The van der Waals surface area contributed by atoms with Gasteiger partial charge in [0.2, 0.25) is 0 Å². The van der Waals surface area contributed by atoms with Crippen LogP contribution >= 0.6 is 36.2 Å². The van der Waals surface area contributed by atoms with Crippen LogP contribution < -0.4 is 11.1 Å². The molecule has 1 fully saturated rings. The van der Waals surface area contributed by atoms with Gasteiger partial charge in [-0.05, 0) is 18.9 Å². The number of carbonyl (C=O) groups is 1. The summed E-state index contributed by atoms with van der Waals surface area (Å²) in [5.74, 6) is 0.429. The maximum Gasteiger partial charge on any atom is 0.263 e. The minimum absolute atomic E-state index is 0. The zero-order valence-corrected chi connectivity index (χ0v) is 14.8. The van der Waals surface area contributed by atoms with Gasteiger partial charge in [0.25, 0.3) is 5.91 Å². The van der Waals surface area contributed by atoms with Gasteiger partial charge in [-0.25, -0.2) is 15.0 Å². The molecule has 0 aromatic carbocycles. The molecule has 2 aromatic rings. The number of amides is 1. The standard InChI is InChI=1S/C14H17N5OS.2ClH/c15-9-14(4-1-2-5-14)19-12(20)10-8-18-13(21-10)11-16-6-3-7-17-11;;/h3,6-8H,1-2,4-5,9,15H2,(H,19,20);2*1H. The topological polar surface area (TPSA) is 93.8 Å². The molecule has 1 amide bonds. The van der Waals surface area contributed by atoms with Crippen LogP contribution in [0.15, 0.2) is 24.7 Å². The average Bonchev–Trinajstić information content (AvgIpc) is 3.18. The third-order valence-electron chi connectivity index (χ3n) is 3.82. The number of halogens is 2. The number of carbonyl (C=O) groups excluding carboxylic acids is 1. The lowest BCUT2D eigenvalue weighted by Crippen LogP contribution is -2.51. The number of thiazole rings is 1. The highest BCUT2D eigenvalue weighted by Crippen LogP contribution is 2.29. The van der Waals surface area contributed by atoms with Crippen molar-refractivity contribution in [1.29, 1.82) is 0 Å². The van der Waals surface area contributed by atoms with Crippen LogP contribution in [0.1, 0.15) is 35.4 Å². The zero-order chi connectivity index (χ0) is 14.7. The molecule has 9 heteroatoms. The summed E-state index contributed by atoms with van der Waals surface area (Å²) in [7, 11) is 0. The molecule has 3 N–H and O–H groups in total. The number of rotatable bonds is 4. The van der Waals surface area contributed by atoms with Gasteiger partial charge in [-0.1, -0.05) is 12.8 Å². The van der Waals surface area contributed by atoms with Crippen molar-refractivity contribution >= 4 is 42.1 Å². The van der Waals surface area contributed by atoms with Crippen LogP contribution in [-0.4, -0.2) is 32.9 Å². The van der Waals surface area contributed by atoms with Crippen molar-refractivity contribution < 1.29 is 4.79 Å². The van der Waals surface area contributed by atoms with E-state index in [2.05, 4.69) is 20.3 Å². The molecule has 1 saturated carbocycles. The molecule has 0 unspecified atom stereocenters. The second-order valence-electron chi connectivity index (χ2n) is 5.25. The number of nitrogens with two attached hydrogens (primary N) is 1. The van der Waals surface area contributed by atoms with E-state index >= 15 is 0 Å². The van der Waals surface area contributed by atoms with Gasteiger partial charge in [0, 0.05) is 18.9 Å². The molecule has 1 aliphatic carbocycles. The predicted molar refractivity (Wildman–Crippen MR) is 95.4 cm³/mol. The van der Waals surface area contributed by atoms with Crippen molar-refractivity contribution in [2.75, 3.05) is 6.54 Å². The highest BCUT2D eigenvalue weighted by Gasteiger charge is 2.34. The van der Waals surface area contributed by atoms with Gasteiger partial charge in [-0.2, -0.15) is 0 Å². The summed E-state index contributed by atoms with van der Waals surface area (Å²) in [6.45, 7) is 0.478. The van der Waals surface area contributed by atoms with E-state index in [4.69, 9.17) is 5.73 Å². The Hall–Kier alpha value is -1.28. The second kappa shape index (κ2) is 8.54. The summed E-state index contributed by atoms with van der Waals surface area (Å²) < 4.78 is 0. The molecule has 1 aliphatic rings. The molecule has 23 heavy (non-hydrogen) atoms. The Bertz CT molecular complexity index is 631. The fourth-order valence-electron chi connectivity index (χ4n) is 2.63. The summed E-state index contributed by atoms with van der Waals surface area (Å²) in [5, 5.41) is 3.74. The van der Waals surface area contributed by atoms with Crippen molar-refractivity contribution in [1.82, 2.24) is 20.3 Å². The molecule has 6 nitrogen and oxygen atoms in total. The maximum atomic E-state index is 12.4. The Labute approximate surface area is 151 Å². The lowest BCUT2D eigenvalue weighted by molar-refractivity contribution is 0.0907. The number of nitrogens with one attached hydrogen (secondary N) is 1. The summed E-state index contributed by atoms with van der Waals surface area (Å²) >= 11 is 1.30. The van der Waals surface area contributed by atoms with Gasteiger partial charge in [0.1, 0.15) is 4.88 Å². The third kappa shape index (κ3) is 4.38. The zero-order valence-electron chi connectivity index (χ0n) is 12.4. The van der Waals surface area contributed by atoms with Crippen LogP contribution in [-0.2, 0) is 0 Å². The number of nitrogens with zero attached hydrogens (tertiary/aromatic N) is 3. The smallest absolute Gasteiger partial charge is 0.263 e. The number of hydrogen-bond acceptors (Lipinski definition) is 6. The fourth-order valence-corrected chi connectivity index (χ4v) is 3.39. The monoisotopic (exact) mass is 375 g/mol. The van der Waals surface area contributed by atoms with Gasteiger partial charge in [0.05, 0.1) is 11.7 Å². The highest BCUT2D eigenvalue weighted by molar-refractivity contribution is 7.16. The first-order valence-corrected chi connectivity index (χ1v) is 7.80. The van der Waals surface area contributed by atoms with Crippen molar-refractivity contribution in [3.63, 3.8) is 0 Å². The molecule has 2 heterocycles. The van der Waals surface area contributed by atoms with Crippen LogP contribution in [0.3, 0.4) is 0 Å². The molecule has 0 radical (unpaired) electrons. The maximum absolute atomic E-state index is 12.4. The SMILES string of the molecule is Cl.Cl.NCC1(NC(=O)c2cnc(-c3ncccn3)s2)CCCC1. The molecule has 3 rings (SSSR count). The summed E-state index contributed by atoms with van der Waals surface area (Å²) in [4.78, 5) is 25.5. The van der Waals surface area contributed by atoms with Gasteiger partial charge in [-0.15, -0.1) is 36.2 Å². The molecule has 0 saturated heterocycles. The lowest BCUT2D eigenvalue weighted by atomic mass is 9.98. The molecule has 126 valence electrons. The fraction of sp³-hybridized carbons (Fsp3) is 0.429. The van der Waals surface area contributed by atoms with Crippen molar-refractivity contribution in [2.45, 2.75) is 31.2 Å². The van der Waals surface area contributed by atoms with Crippen LogP contribution in [0, 0.1) is 0 Å². The largest absolute Gasteiger partial charge is 0.345 e. The Kier molecular flexibility index (Phi) is 7.34. The minimum Gasteiger partial charge on any atom is -0.345 e. The normalized spacial score (nSPS) is 15.3. The van der Waals surface area contributed by atoms with Crippen molar-refractivity contribution in [2.24, 2.45) is 5.73 Å². The number of hydrogen-bond donors (Lipinski definition) is 2.